The fourth-order valence-electron chi connectivity index (χ4n) is 2.73. The number of anilines is 1. The van der Waals surface area contributed by atoms with E-state index in [0.29, 0.717) is 49.0 Å². The summed E-state index contributed by atoms with van der Waals surface area (Å²) in [7, 11) is 0. The lowest BCUT2D eigenvalue weighted by atomic mass is 10.1. The molecule has 1 saturated heterocycles. The predicted octanol–water partition coefficient (Wildman–Crippen LogP) is 2.56. The zero-order valence-electron chi connectivity index (χ0n) is 12.8. The predicted molar refractivity (Wildman–Crippen MR) is 82.7 cm³/mol. The highest BCUT2D eigenvalue weighted by Crippen LogP contribution is 2.23. The van der Waals surface area contributed by atoms with Crippen molar-refractivity contribution in [1.29, 1.82) is 5.26 Å². The van der Waals surface area contributed by atoms with E-state index >= 15 is 0 Å². The quantitative estimate of drug-likeness (QED) is 0.855. The maximum absolute atomic E-state index is 13.2. The Morgan fingerprint density at radius 3 is 2.57 bits per heavy atom. The molecule has 1 fully saturated rings. The average Bonchev–Trinajstić information content (AvgIpc) is 3.00. The minimum atomic E-state index is -0.424. The molecule has 1 aromatic carbocycles. The van der Waals surface area contributed by atoms with Crippen molar-refractivity contribution in [2.75, 3.05) is 31.1 Å². The van der Waals surface area contributed by atoms with E-state index in [1.54, 1.807) is 30.0 Å². The molecule has 0 bridgehead atoms. The first-order valence-electron chi connectivity index (χ1n) is 7.39. The SMILES string of the molecule is Cc1ccc(C(=O)N2CCN(c3ccc(F)cc3C#N)CC2)o1. The topological polar surface area (TPSA) is 60.5 Å². The highest BCUT2D eigenvalue weighted by atomic mass is 19.1. The second-order valence-electron chi connectivity index (χ2n) is 5.46. The van der Waals surface area contributed by atoms with Gasteiger partial charge in [0, 0.05) is 26.2 Å². The number of halogens is 1. The molecule has 23 heavy (non-hydrogen) atoms. The zero-order chi connectivity index (χ0) is 16.4. The van der Waals surface area contributed by atoms with Gasteiger partial charge in [-0.3, -0.25) is 4.79 Å². The summed E-state index contributed by atoms with van der Waals surface area (Å²) in [6.07, 6.45) is 0. The molecule has 0 radical (unpaired) electrons. The molecule has 1 aliphatic heterocycles. The lowest BCUT2D eigenvalue weighted by molar-refractivity contribution is 0.0713. The lowest BCUT2D eigenvalue weighted by Crippen LogP contribution is -2.49. The van der Waals surface area contributed by atoms with Crippen LogP contribution in [0, 0.1) is 24.1 Å². The molecule has 5 nitrogen and oxygen atoms in total. The van der Waals surface area contributed by atoms with Gasteiger partial charge in [0.05, 0.1) is 11.3 Å². The summed E-state index contributed by atoms with van der Waals surface area (Å²) in [5.74, 6) is 0.497. The molecule has 0 unspecified atom stereocenters. The number of benzene rings is 1. The Hall–Kier alpha value is -2.81. The molecule has 2 heterocycles. The Kier molecular flexibility index (Phi) is 4.02. The number of piperazine rings is 1. The van der Waals surface area contributed by atoms with Crippen molar-refractivity contribution < 1.29 is 13.6 Å². The van der Waals surface area contributed by atoms with Crippen LogP contribution >= 0.6 is 0 Å². The van der Waals surface area contributed by atoms with E-state index in [9.17, 15) is 9.18 Å². The van der Waals surface area contributed by atoms with Crippen molar-refractivity contribution in [1.82, 2.24) is 4.90 Å². The van der Waals surface area contributed by atoms with Gasteiger partial charge in [-0.2, -0.15) is 5.26 Å². The third-order valence-electron chi connectivity index (χ3n) is 3.94. The second-order valence-corrected chi connectivity index (χ2v) is 5.46. The van der Waals surface area contributed by atoms with Gasteiger partial charge < -0.3 is 14.2 Å². The largest absolute Gasteiger partial charge is 0.456 e. The molecule has 118 valence electrons. The fraction of sp³-hybridized carbons (Fsp3) is 0.294. The van der Waals surface area contributed by atoms with Crippen LogP contribution < -0.4 is 4.90 Å². The van der Waals surface area contributed by atoms with Gasteiger partial charge in [0.25, 0.3) is 5.91 Å². The molecular formula is C17H16FN3O2. The highest BCUT2D eigenvalue weighted by Gasteiger charge is 2.25. The number of furan rings is 1. The first-order valence-corrected chi connectivity index (χ1v) is 7.39. The van der Waals surface area contributed by atoms with E-state index in [2.05, 4.69) is 0 Å². The molecule has 1 aliphatic rings. The second kappa shape index (κ2) is 6.13. The van der Waals surface area contributed by atoms with Crippen molar-refractivity contribution in [2.45, 2.75) is 6.92 Å². The van der Waals surface area contributed by atoms with Crippen LogP contribution in [-0.4, -0.2) is 37.0 Å². The van der Waals surface area contributed by atoms with Crippen molar-refractivity contribution in [2.24, 2.45) is 0 Å². The van der Waals surface area contributed by atoms with Gasteiger partial charge >= 0.3 is 0 Å². The number of carbonyl (C=O) groups excluding carboxylic acids is 1. The molecule has 0 saturated carbocycles. The van der Waals surface area contributed by atoms with Gasteiger partial charge in [-0.05, 0) is 37.3 Å². The molecule has 0 aliphatic carbocycles. The number of carbonyl (C=O) groups is 1. The van der Waals surface area contributed by atoms with Crippen LogP contribution in [0.2, 0.25) is 0 Å². The van der Waals surface area contributed by atoms with Gasteiger partial charge in [0.15, 0.2) is 5.76 Å². The minimum Gasteiger partial charge on any atom is -0.456 e. The van der Waals surface area contributed by atoms with Crippen LogP contribution in [0.1, 0.15) is 21.9 Å². The monoisotopic (exact) mass is 313 g/mol. The normalized spacial score (nSPS) is 14.7. The van der Waals surface area contributed by atoms with Crippen LogP contribution in [0.25, 0.3) is 0 Å². The number of aryl methyl sites for hydroxylation is 1. The Balaban J connectivity index is 1.69. The fourth-order valence-corrected chi connectivity index (χ4v) is 2.73. The van der Waals surface area contributed by atoms with E-state index < -0.39 is 5.82 Å². The molecule has 3 rings (SSSR count). The minimum absolute atomic E-state index is 0.127. The number of rotatable bonds is 2. The highest BCUT2D eigenvalue weighted by molar-refractivity contribution is 5.91. The number of hydrogen-bond acceptors (Lipinski definition) is 4. The maximum atomic E-state index is 13.2. The van der Waals surface area contributed by atoms with E-state index in [0.717, 1.165) is 0 Å². The van der Waals surface area contributed by atoms with Crippen LogP contribution in [0.15, 0.2) is 34.7 Å². The summed E-state index contributed by atoms with van der Waals surface area (Å²) in [5, 5.41) is 9.14. The summed E-state index contributed by atoms with van der Waals surface area (Å²) in [5.41, 5.74) is 1.02. The summed E-state index contributed by atoms with van der Waals surface area (Å²) >= 11 is 0. The molecular weight excluding hydrogens is 297 g/mol. The molecule has 1 aromatic heterocycles. The number of nitrogens with zero attached hydrogens (tertiary/aromatic N) is 3. The number of nitriles is 1. The maximum Gasteiger partial charge on any atom is 0.289 e. The third-order valence-corrected chi connectivity index (χ3v) is 3.94. The zero-order valence-corrected chi connectivity index (χ0v) is 12.8. The molecule has 0 spiro atoms. The smallest absolute Gasteiger partial charge is 0.289 e. The van der Waals surface area contributed by atoms with Crippen molar-refractivity contribution in [3.05, 3.63) is 53.2 Å². The standard InChI is InChI=1S/C17H16FN3O2/c1-12-2-5-16(23-12)17(22)21-8-6-20(7-9-21)15-4-3-14(18)10-13(15)11-19/h2-5,10H,6-9H2,1H3. The van der Waals surface area contributed by atoms with Gasteiger partial charge in [0.1, 0.15) is 17.6 Å². The third kappa shape index (κ3) is 3.04. The number of hydrogen-bond donors (Lipinski definition) is 0. The van der Waals surface area contributed by atoms with E-state index in [1.165, 1.54) is 12.1 Å². The molecule has 6 heteroatoms. The summed E-state index contributed by atoms with van der Waals surface area (Å²) in [6.45, 7) is 4.03. The molecule has 2 aromatic rings. The Bertz CT molecular complexity index is 770. The Morgan fingerprint density at radius 1 is 1.22 bits per heavy atom. The van der Waals surface area contributed by atoms with Crippen LogP contribution in [0.5, 0.6) is 0 Å². The summed E-state index contributed by atoms with van der Waals surface area (Å²) < 4.78 is 18.6. The van der Waals surface area contributed by atoms with E-state index in [4.69, 9.17) is 9.68 Å². The summed E-state index contributed by atoms with van der Waals surface area (Å²) in [6, 6.07) is 9.66. The van der Waals surface area contributed by atoms with Gasteiger partial charge in [-0.25, -0.2) is 4.39 Å². The Morgan fingerprint density at radius 2 is 1.96 bits per heavy atom. The van der Waals surface area contributed by atoms with Gasteiger partial charge in [-0.1, -0.05) is 0 Å². The van der Waals surface area contributed by atoms with Crippen LogP contribution in [-0.2, 0) is 0 Å². The van der Waals surface area contributed by atoms with Gasteiger partial charge in [0.2, 0.25) is 0 Å². The van der Waals surface area contributed by atoms with Crippen molar-refractivity contribution in [3.63, 3.8) is 0 Å². The molecule has 1 amide bonds. The first-order chi connectivity index (χ1) is 11.1. The van der Waals surface area contributed by atoms with Crippen LogP contribution in [0.4, 0.5) is 10.1 Å². The van der Waals surface area contributed by atoms with Crippen molar-refractivity contribution >= 4 is 11.6 Å². The first kappa shape index (κ1) is 15.1. The van der Waals surface area contributed by atoms with E-state index in [-0.39, 0.29) is 5.91 Å². The van der Waals surface area contributed by atoms with Crippen LogP contribution in [0.3, 0.4) is 0 Å². The Labute approximate surface area is 133 Å². The number of amides is 1. The summed E-state index contributed by atoms with van der Waals surface area (Å²) in [4.78, 5) is 16.1. The van der Waals surface area contributed by atoms with Crippen molar-refractivity contribution in [3.8, 4) is 6.07 Å². The van der Waals surface area contributed by atoms with Gasteiger partial charge in [-0.15, -0.1) is 0 Å². The molecule has 0 atom stereocenters. The average molecular weight is 313 g/mol. The molecule has 0 N–H and O–H groups in total. The van der Waals surface area contributed by atoms with E-state index in [1.807, 2.05) is 11.0 Å². The lowest BCUT2D eigenvalue weighted by Gasteiger charge is -2.36.